The molecule has 0 aliphatic heterocycles. The Balaban J connectivity index is 1.51. The van der Waals surface area contributed by atoms with E-state index < -0.39 is 0 Å². The van der Waals surface area contributed by atoms with Crippen molar-refractivity contribution >= 4 is 32.7 Å². The first-order chi connectivity index (χ1) is 10.3. The van der Waals surface area contributed by atoms with Crippen LogP contribution in [0, 0.1) is 0 Å². The van der Waals surface area contributed by atoms with Crippen LogP contribution in [0.5, 0.6) is 0 Å². The summed E-state index contributed by atoms with van der Waals surface area (Å²) in [6, 6.07) is 6.04. The van der Waals surface area contributed by atoms with Crippen molar-refractivity contribution < 1.29 is 4.74 Å². The molecule has 1 aromatic heterocycles. The summed E-state index contributed by atoms with van der Waals surface area (Å²) in [7, 11) is 0. The van der Waals surface area contributed by atoms with Gasteiger partial charge < -0.3 is 10.1 Å². The maximum Gasteiger partial charge on any atom is 0.137 e. The third-order valence-electron chi connectivity index (χ3n) is 3.87. The van der Waals surface area contributed by atoms with Gasteiger partial charge in [0.2, 0.25) is 0 Å². The smallest absolute Gasteiger partial charge is 0.137 e. The summed E-state index contributed by atoms with van der Waals surface area (Å²) in [6.07, 6.45) is 8.22. The Morgan fingerprint density at radius 3 is 2.95 bits per heavy atom. The second kappa shape index (κ2) is 7.18. The predicted octanol–water partition coefficient (Wildman–Crippen LogP) is 4.15. The monoisotopic (exact) mass is 349 g/mol. The highest BCUT2D eigenvalue weighted by Crippen LogP contribution is 2.23. The number of hydrogen-bond acceptors (Lipinski definition) is 4. The molecule has 112 valence electrons. The zero-order chi connectivity index (χ0) is 14.5. The molecule has 1 heterocycles. The molecule has 1 aliphatic carbocycles. The van der Waals surface area contributed by atoms with E-state index in [0.29, 0.717) is 6.10 Å². The van der Waals surface area contributed by atoms with Crippen molar-refractivity contribution in [2.75, 3.05) is 18.5 Å². The van der Waals surface area contributed by atoms with Crippen molar-refractivity contribution in [3.05, 3.63) is 29.0 Å². The van der Waals surface area contributed by atoms with E-state index in [1.807, 2.05) is 18.2 Å². The lowest BCUT2D eigenvalue weighted by Gasteiger charge is -2.12. The van der Waals surface area contributed by atoms with Gasteiger partial charge in [-0.15, -0.1) is 0 Å². The summed E-state index contributed by atoms with van der Waals surface area (Å²) in [5.74, 6) is 0.891. The first-order valence-corrected chi connectivity index (χ1v) is 8.38. The number of aromatic nitrogens is 2. The Morgan fingerprint density at radius 1 is 1.24 bits per heavy atom. The first-order valence-electron chi connectivity index (χ1n) is 7.59. The lowest BCUT2D eigenvalue weighted by Crippen LogP contribution is -2.12. The standard InChI is InChI=1S/C16H20BrN3O/c17-12-6-7-15-14(10-12)16(20-11-19-15)18-8-3-9-21-13-4-1-2-5-13/h6-7,10-11,13H,1-5,8-9H2,(H,18,19,20). The molecular weight excluding hydrogens is 330 g/mol. The lowest BCUT2D eigenvalue weighted by molar-refractivity contribution is 0.0583. The molecule has 3 rings (SSSR count). The third-order valence-corrected chi connectivity index (χ3v) is 4.36. The number of nitrogens with zero attached hydrogens (tertiary/aromatic N) is 2. The minimum atomic E-state index is 0.501. The number of anilines is 1. The molecule has 0 saturated heterocycles. The van der Waals surface area contributed by atoms with Crippen LogP contribution >= 0.6 is 15.9 Å². The van der Waals surface area contributed by atoms with Crippen LogP contribution in [0.15, 0.2) is 29.0 Å². The van der Waals surface area contributed by atoms with E-state index in [-0.39, 0.29) is 0 Å². The van der Waals surface area contributed by atoms with Crippen LogP contribution in [0.1, 0.15) is 32.1 Å². The summed E-state index contributed by atoms with van der Waals surface area (Å²) in [5.41, 5.74) is 0.956. The van der Waals surface area contributed by atoms with E-state index in [1.54, 1.807) is 6.33 Å². The summed E-state index contributed by atoms with van der Waals surface area (Å²) in [6.45, 7) is 1.69. The minimum absolute atomic E-state index is 0.501. The molecule has 1 saturated carbocycles. The lowest BCUT2D eigenvalue weighted by atomic mass is 10.2. The van der Waals surface area contributed by atoms with Crippen molar-refractivity contribution in [2.24, 2.45) is 0 Å². The van der Waals surface area contributed by atoms with Crippen LogP contribution in [0.25, 0.3) is 10.9 Å². The topological polar surface area (TPSA) is 47.0 Å². The van der Waals surface area contributed by atoms with Gasteiger partial charge in [-0.3, -0.25) is 0 Å². The molecule has 0 bridgehead atoms. The number of ether oxygens (including phenoxy) is 1. The number of rotatable bonds is 6. The van der Waals surface area contributed by atoms with Crippen molar-refractivity contribution in [3.8, 4) is 0 Å². The van der Waals surface area contributed by atoms with Gasteiger partial charge in [0.05, 0.1) is 11.6 Å². The highest BCUT2D eigenvalue weighted by Gasteiger charge is 2.14. The van der Waals surface area contributed by atoms with Crippen molar-refractivity contribution in [3.63, 3.8) is 0 Å². The van der Waals surface area contributed by atoms with Crippen LogP contribution in [0.2, 0.25) is 0 Å². The molecule has 0 spiro atoms. The van der Waals surface area contributed by atoms with E-state index in [2.05, 4.69) is 31.2 Å². The number of benzene rings is 1. The van der Waals surface area contributed by atoms with Crippen LogP contribution in [0.4, 0.5) is 5.82 Å². The Labute approximate surface area is 133 Å². The summed E-state index contributed by atoms with van der Waals surface area (Å²) >= 11 is 3.49. The van der Waals surface area contributed by atoms with Crippen molar-refractivity contribution in [1.82, 2.24) is 9.97 Å². The van der Waals surface area contributed by atoms with Crippen molar-refractivity contribution in [1.29, 1.82) is 0 Å². The maximum absolute atomic E-state index is 5.87. The second-order valence-corrected chi connectivity index (χ2v) is 6.36. The molecule has 2 aromatic rings. The van der Waals surface area contributed by atoms with Gasteiger partial charge in [0.25, 0.3) is 0 Å². The van der Waals surface area contributed by atoms with Gasteiger partial charge in [0.15, 0.2) is 0 Å². The summed E-state index contributed by atoms with van der Waals surface area (Å²) in [5, 5.41) is 4.43. The molecule has 4 nitrogen and oxygen atoms in total. The average molecular weight is 350 g/mol. The maximum atomic E-state index is 5.87. The quantitative estimate of drug-likeness (QED) is 0.795. The van der Waals surface area contributed by atoms with E-state index in [9.17, 15) is 0 Å². The van der Waals surface area contributed by atoms with Gasteiger partial charge in [-0.25, -0.2) is 9.97 Å². The SMILES string of the molecule is Brc1ccc2ncnc(NCCCOC3CCCC3)c2c1. The average Bonchev–Trinajstić information content (AvgIpc) is 3.00. The van der Waals surface area contributed by atoms with Crippen LogP contribution in [0.3, 0.4) is 0 Å². The Kier molecular flexibility index (Phi) is 5.04. The molecule has 1 N–H and O–H groups in total. The van der Waals surface area contributed by atoms with Gasteiger partial charge in [0.1, 0.15) is 12.1 Å². The predicted molar refractivity (Wildman–Crippen MR) is 88.6 cm³/mol. The number of halogens is 1. The second-order valence-electron chi connectivity index (χ2n) is 5.44. The summed E-state index contributed by atoms with van der Waals surface area (Å²) < 4.78 is 6.91. The van der Waals surface area contributed by atoms with Gasteiger partial charge in [-0.1, -0.05) is 28.8 Å². The Morgan fingerprint density at radius 2 is 2.10 bits per heavy atom. The van der Waals surface area contributed by atoms with Crippen LogP contribution < -0.4 is 5.32 Å². The van der Waals surface area contributed by atoms with Crippen LogP contribution in [-0.4, -0.2) is 29.2 Å². The zero-order valence-corrected chi connectivity index (χ0v) is 13.6. The molecule has 0 radical (unpaired) electrons. The van der Waals surface area contributed by atoms with Crippen molar-refractivity contribution in [2.45, 2.75) is 38.2 Å². The van der Waals surface area contributed by atoms with Crippen LogP contribution in [-0.2, 0) is 4.74 Å². The number of fused-ring (bicyclic) bond motifs is 1. The van der Waals surface area contributed by atoms with Gasteiger partial charge >= 0.3 is 0 Å². The molecule has 0 atom stereocenters. The normalized spacial score (nSPS) is 15.7. The molecule has 0 amide bonds. The molecular formula is C16H20BrN3O. The molecule has 1 fully saturated rings. The Hall–Kier alpha value is -1.20. The molecule has 1 aliphatic rings. The van der Waals surface area contributed by atoms with E-state index in [1.165, 1.54) is 25.7 Å². The highest BCUT2D eigenvalue weighted by atomic mass is 79.9. The fourth-order valence-corrected chi connectivity index (χ4v) is 3.11. The van der Waals surface area contributed by atoms with E-state index in [4.69, 9.17) is 4.74 Å². The summed E-state index contributed by atoms with van der Waals surface area (Å²) in [4.78, 5) is 8.62. The highest BCUT2D eigenvalue weighted by molar-refractivity contribution is 9.10. The molecule has 1 aromatic carbocycles. The van der Waals surface area contributed by atoms with E-state index in [0.717, 1.165) is 40.8 Å². The zero-order valence-electron chi connectivity index (χ0n) is 12.0. The molecule has 0 unspecified atom stereocenters. The third kappa shape index (κ3) is 3.92. The number of nitrogens with one attached hydrogen (secondary N) is 1. The van der Waals surface area contributed by atoms with E-state index >= 15 is 0 Å². The fourth-order valence-electron chi connectivity index (χ4n) is 2.75. The molecule has 5 heteroatoms. The van der Waals surface area contributed by atoms with Gasteiger partial charge in [-0.2, -0.15) is 0 Å². The minimum Gasteiger partial charge on any atom is -0.378 e. The Bertz CT molecular complexity index is 599. The van der Waals surface area contributed by atoms with Gasteiger partial charge in [-0.05, 0) is 37.5 Å². The first kappa shape index (κ1) is 14.7. The fraction of sp³-hybridized carbons (Fsp3) is 0.500. The molecule has 21 heavy (non-hydrogen) atoms. The number of hydrogen-bond donors (Lipinski definition) is 1. The van der Waals surface area contributed by atoms with Gasteiger partial charge in [0, 0.05) is 23.0 Å². The largest absolute Gasteiger partial charge is 0.378 e.